The Morgan fingerprint density at radius 2 is 1.88 bits per heavy atom. The van der Waals surface area contributed by atoms with Gasteiger partial charge in [0.15, 0.2) is 0 Å². The summed E-state index contributed by atoms with van der Waals surface area (Å²) < 4.78 is 30.1. The minimum atomic E-state index is -3.47. The average Bonchev–Trinajstić information content (AvgIpc) is 2.82. The molecule has 0 aliphatic heterocycles. The predicted molar refractivity (Wildman–Crippen MR) is 126 cm³/mol. The number of nitrogens with zero attached hydrogens (tertiary/aromatic N) is 1. The Bertz CT molecular complexity index is 1170. The van der Waals surface area contributed by atoms with Gasteiger partial charge in [0.1, 0.15) is 5.58 Å². The highest BCUT2D eigenvalue weighted by Gasteiger charge is 2.21. The second kappa shape index (κ2) is 12.3. The van der Waals surface area contributed by atoms with Crippen LogP contribution in [0.15, 0.2) is 55.7 Å². The number of carbonyl (C=O) groups excluding carboxylic acids is 2. The van der Waals surface area contributed by atoms with Crippen LogP contribution in [0.4, 0.5) is 4.79 Å². The molecule has 2 N–H and O–H groups in total. The van der Waals surface area contributed by atoms with E-state index in [4.69, 9.17) is 4.42 Å². The zero-order valence-electron chi connectivity index (χ0n) is 19.2. The summed E-state index contributed by atoms with van der Waals surface area (Å²) in [6, 6.07) is 6.78. The highest BCUT2D eigenvalue weighted by atomic mass is 32.2. The first-order chi connectivity index (χ1) is 15.8. The second-order valence-corrected chi connectivity index (χ2v) is 9.38. The van der Waals surface area contributed by atoms with E-state index < -0.39 is 15.6 Å². The summed E-state index contributed by atoms with van der Waals surface area (Å²) in [6.07, 6.45) is 6.72. The van der Waals surface area contributed by atoms with Crippen molar-refractivity contribution in [2.45, 2.75) is 57.3 Å². The maximum atomic E-state index is 11.8. The fourth-order valence-corrected chi connectivity index (χ4v) is 4.47. The number of imide groups is 1. The molecule has 0 unspecified atom stereocenters. The van der Waals surface area contributed by atoms with Crippen LogP contribution in [0, 0.1) is 0 Å². The monoisotopic (exact) mass is 477 g/mol. The number of benzene rings is 1. The van der Waals surface area contributed by atoms with Crippen molar-refractivity contribution in [3.8, 4) is 0 Å². The molecule has 180 valence electrons. The molecule has 10 heteroatoms. The Hall–Kier alpha value is -2.98. The molecule has 1 aromatic heterocycles. The third-order valence-electron chi connectivity index (χ3n) is 5.35. The molecule has 0 spiro atoms. The van der Waals surface area contributed by atoms with Crippen LogP contribution < -0.4 is 15.7 Å². The van der Waals surface area contributed by atoms with E-state index in [-0.39, 0.29) is 10.9 Å². The smallest absolute Gasteiger partial charge is 0.336 e. The maximum Gasteiger partial charge on any atom is 0.336 e. The summed E-state index contributed by atoms with van der Waals surface area (Å²) in [5.74, 6) is 0. The maximum absolute atomic E-state index is 11.8. The van der Waals surface area contributed by atoms with E-state index in [0.29, 0.717) is 23.9 Å². The summed E-state index contributed by atoms with van der Waals surface area (Å²) >= 11 is 0. The van der Waals surface area contributed by atoms with Gasteiger partial charge in [0.2, 0.25) is 16.4 Å². The van der Waals surface area contributed by atoms with Crippen LogP contribution in [0.1, 0.15) is 52.4 Å². The molecule has 2 aromatic rings. The number of sulfonamides is 1. The lowest BCUT2D eigenvalue weighted by atomic mass is 9.93. The van der Waals surface area contributed by atoms with Gasteiger partial charge in [0.25, 0.3) is 0 Å². The number of nitrogens with one attached hydrogen (secondary N) is 2. The average molecular weight is 478 g/mol. The number of fused-ring (bicyclic) bond motifs is 1. The van der Waals surface area contributed by atoms with E-state index in [1.807, 2.05) is 6.92 Å². The fourth-order valence-electron chi connectivity index (χ4n) is 3.70. The van der Waals surface area contributed by atoms with Gasteiger partial charge in [-0.25, -0.2) is 22.7 Å². The van der Waals surface area contributed by atoms with Gasteiger partial charge in [0.05, 0.1) is 4.90 Å². The summed E-state index contributed by atoms with van der Waals surface area (Å²) in [7, 11) is -2.13. The van der Waals surface area contributed by atoms with Gasteiger partial charge in [-0.05, 0) is 69.8 Å². The molecule has 33 heavy (non-hydrogen) atoms. The Morgan fingerprint density at radius 1 is 1.15 bits per heavy atom. The summed E-state index contributed by atoms with van der Waals surface area (Å²) in [6.45, 7) is 4.84. The van der Waals surface area contributed by atoms with Crippen molar-refractivity contribution in [2.75, 3.05) is 13.6 Å². The lowest BCUT2D eigenvalue weighted by molar-refractivity contribution is -0.108. The van der Waals surface area contributed by atoms with E-state index in [9.17, 15) is 22.8 Å². The molecule has 1 aliphatic rings. The van der Waals surface area contributed by atoms with E-state index in [1.165, 1.54) is 49.4 Å². The van der Waals surface area contributed by atoms with E-state index in [0.717, 1.165) is 37.8 Å². The Labute approximate surface area is 193 Å². The molecule has 1 heterocycles. The third-order valence-corrected chi connectivity index (χ3v) is 6.76. The van der Waals surface area contributed by atoms with E-state index in [2.05, 4.69) is 17.0 Å². The number of hydrogen-bond acceptors (Lipinski definition) is 6. The summed E-state index contributed by atoms with van der Waals surface area (Å²) in [5, 5.41) is 2.81. The van der Waals surface area contributed by atoms with E-state index >= 15 is 0 Å². The van der Waals surface area contributed by atoms with Crippen molar-refractivity contribution < 1.29 is 22.4 Å². The number of carbonyl (C=O) groups is 2. The van der Waals surface area contributed by atoms with Crippen LogP contribution in [0.3, 0.4) is 0 Å². The lowest BCUT2D eigenvalue weighted by Crippen LogP contribution is -2.40. The first-order valence-electron chi connectivity index (χ1n) is 11.0. The Kier molecular flexibility index (Phi) is 9.80. The van der Waals surface area contributed by atoms with Gasteiger partial charge in [-0.2, -0.15) is 0 Å². The van der Waals surface area contributed by atoms with Crippen LogP contribution >= 0.6 is 0 Å². The molecule has 1 aromatic carbocycles. The van der Waals surface area contributed by atoms with E-state index in [1.54, 1.807) is 4.90 Å². The summed E-state index contributed by atoms with van der Waals surface area (Å²) in [4.78, 5) is 35.0. The molecule has 0 fully saturated rings. The standard InChI is InChI=1S/C13H22N2O2.C10H9NO4S/c1-3-9-15(13(17)14-10-16)12-8-6-5-7-11(12)4-2;1-11-16(13,14)8-3-4-9-7(6-8)2-5-10(12)15-9/h10H,3-9H2,1-2H3,(H,14,16,17);2-6,11H,1H3. The zero-order valence-corrected chi connectivity index (χ0v) is 20.0. The minimum Gasteiger partial charge on any atom is -0.423 e. The molecular formula is C23H31N3O6S. The molecule has 0 radical (unpaired) electrons. The molecule has 0 saturated heterocycles. The van der Waals surface area contributed by atoms with Gasteiger partial charge < -0.3 is 4.42 Å². The predicted octanol–water partition coefficient (Wildman–Crippen LogP) is 3.50. The molecule has 3 amide bonds. The summed E-state index contributed by atoms with van der Waals surface area (Å²) in [5.41, 5.74) is 2.41. The third kappa shape index (κ3) is 7.00. The highest BCUT2D eigenvalue weighted by molar-refractivity contribution is 7.89. The highest BCUT2D eigenvalue weighted by Crippen LogP contribution is 2.29. The van der Waals surface area contributed by atoms with Crippen molar-refractivity contribution in [3.05, 3.63) is 52.0 Å². The lowest BCUT2D eigenvalue weighted by Gasteiger charge is -2.30. The van der Waals surface area contributed by atoms with Gasteiger partial charge >= 0.3 is 11.7 Å². The number of rotatable bonds is 7. The van der Waals surface area contributed by atoms with Crippen LogP contribution in [0.5, 0.6) is 0 Å². The fraction of sp³-hybridized carbons (Fsp3) is 0.435. The van der Waals surface area contributed by atoms with Crippen LogP contribution in [-0.4, -0.2) is 39.4 Å². The first kappa shape index (κ1) is 26.3. The van der Waals surface area contributed by atoms with Crippen molar-refractivity contribution >= 4 is 33.4 Å². The van der Waals surface area contributed by atoms with Gasteiger partial charge in [-0.1, -0.05) is 19.4 Å². The van der Waals surface area contributed by atoms with Gasteiger partial charge in [0, 0.05) is 23.7 Å². The molecule has 0 saturated carbocycles. The van der Waals surface area contributed by atoms with Crippen molar-refractivity contribution in [3.63, 3.8) is 0 Å². The molecule has 9 nitrogen and oxygen atoms in total. The number of allylic oxidation sites excluding steroid dienone is 2. The molecule has 0 bridgehead atoms. The molecular weight excluding hydrogens is 446 g/mol. The van der Waals surface area contributed by atoms with Gasteiger partial charge in [-0.3, -0.25) is 15.0 Å². The molecule has 1 aliphatic carbocycles. The van der Waals surface area contributed by atoms with Crippen molar-refractivity contribution in [1.29, 1.82) is 0 Å². The number of amides is 3. The van der Waals surface area contributed by atoms with Crippen LogP contribution in [0.25, 0.3) is 11.0 Å². The minimum absolute atomic E-state index is 0.136. The first-order valence-corrected chi connectivity index (χ1v) is 12.5. The Morgan fingerprint density at radius 3 is 2.52 bits per heavy atom. The topological polar surface area (TPSA) is 126 Å². The number of urea groups is 1. The molecule has 3 rings (SSSR count). The van der Waals surface area contributed by atoms with Crippen LogP contribution in [0.2, 0.25) is 0 Å². The SMILES string of the molecule is CCCN(C(=O)NC=O)C1=C(CC)CCCC1.CNS(=O)(=O)c1ccc2oc(=O)ccc2c1. The second-order valence-electron chi connectivity index (χ2n) is 7.49. The van der Waals surface area contributed by atoms with Crippen LogP contribution in [-0.2, 0) is 14.8 Å². The normalized spacial score (nSPS) is 13.8. The number of hydrogen-bond donors (Lipinski definition) is 2. The van der Waals surface area contributed by atoms with Crippen molar-refractivity contribution in [1.82, 2.24) is 14.9 Å². The van der Waals surface area contributed by atoms with Gasteiger partial charge in [-0.15, -0.1) is 0 Å². The largest absolute Gasteiger partial charge is 0.423 e. The zero-order chi connectivity index (χ0) is 24.4. The van der Waals surface area contributed by atoms with Crippen molar-refractivity contribution in [2.24, 2.45) is 0 Å². The molecule has 0 atom stereocenters. The quantitative estimate of drug-likeness (QED) is 0.464. The Balaban J connectivity index is 0.000000234.